The summed E-state index contributed by atoms with van der Waals surface area (Å²) in [7, 11) is 0. The van der Waals surface area contributed by atoms with E-state index in [1.165, 1.54) is 6.08 Å². The van der Waals surface area contributed by atoms with Crippen LogP contribution in [0, 0.1) is 0 Å². The number of amides is 1. The van der Waals surface area contributed by atoms with Gasteiger partial charge in [-0.2, -0.15) is 0 Å². The number of allylic oxidation sites excluding steroid dienone is 10. The van der Waals surface area contributed by atoms with Gasteiger partial charge in [-0.25, -0.2) is 0 Å². The number of ether oxygens (including phenoxy) is 1. The minimum absolute atomic E-state index is 0.113. The van der Waals surface area contributed by atoms with E-state index in [0.29, 0.717) is 6.42 Å². The number of carbonyl (C=O) groups is 1. The second kappa shape index (κ2) is 14.7. The second-order valence-corrected chi connectivity index (χ2v) is 8.66. The Morgan fingerprint density at radius 2 is 1.59 bits per heavy atom. The van der Waals surface area contributed by atoms with E-state index in [2.05, 4.69) is 5.32 Å². The molecule has 1 saturated heterocycles. The predicted molar refractivity (Wildman–Crippen MR) is 133 cm³/mol. The van der Waals surface area contributed by atoms with Crippen molar-refractivity contribution in [3.63, 3.8) is 0 Å². The van der Waals surface area contributed by atoms with Gasteiger partial charge >= 0.3 is 0 Å². The molecule has 0 unspecified atom stereocenters. The van der Waals surface area contributed by atoms with Gasteiger partial charge in [-0.05, 0) is 26.7 Å². The van der Waals surface area contributed by atoms with Crippen molar-refractivity contribution in [1.82, 2.24) is 5.32 Å². The molecule has 2 heterocycles. The minimum Gasteiger partial charge on any atom is -0.390 e. The molecule has 186 valence electrons. The van der Waals surface area contributed by atoms with Crippen molar-refractivity contribution in [3.05, 3.63) is 84.6 Å². The van der Waals surface area contributed by atoms with Crippen LogP contribution in [0.15, 0.2) is 84.6 Å². The maximum atomic E-state index is 12.0. The SMILES string of the molecule is CC1=C/C=C/[C@@H]2O[C@H]([C@H](O)C/C=C/C=C/C=C/C(=O)N[C@@H](C)C[C@@H](O)/C=C\C=C1)[C@@H](O)C[C@H]2O. The van der Waals surface area contributed by atoms with Gasteiger partial charge in [0.05, 0.1) is 24.4 Å². The summed E-state index contributed by atoms with van der Waals surface area (Å²) in [5.74, 6) is -0.254. The van der Waals surface area contributed by atoms with Crippen molar-refractivity contribution >= 4 is 5.91 Å². The lowest BCUT2D eigenvalue weighted by Crippen LogP contribution is -2.51. The summed E-state index contributed by atoms with van der Waals surface area (Å²) in [4.78, 5) is 12.0. The molecule has 0 saturated carbocycles. The molecule has 34 heavy (non-hydrogen) atoms. The van der Waals surface area contributed by atoms with Gasteiger partial charge in [0.1, 0.15) is 12.2 Å². The van der Waals surface area contributed by atoms with Crippen LogP contribution in [-0.2, 0) is 9.53 Å². The van der Waals surface area contributed by atoms with E-state index in [-0.39, 0.29) is 24.8 Å². The topological polar surface area (TPSA) is 119 Å². The first-order valence-corrected chi connectivity index (χ1v) is 11.6. The molecule has 0 aromatic carbocycles. The first-order chi connectivity index (χ1) is 16.3. The summed E-state index contributed by atoms with van der Waals surface area (Å²) in [5.41, 5.74) is 0.942. The maximum Gasteiger partial charge on any atom is 0.244 e. The predicted octanol–water partition coefficient (Wildman–Crippen LogP) is 2.17. The number of hydrogen-bond acceptors (Lipinski definition) is 6. The Morgan fingerprint density at radius 3 is 2.38 bits per heavy atom. The van der Waals surface area contributed by atoms with Gasteiger partial charge in [0.15, 0.2) is 0 Å². The standard InChI is InChI=1S/C27H37NO6/c1-19-11-8-9-13-21(29)17-20(2)28-26(33)16-7-5-3-4-6-14-22(30)27-24(32)18-23(31)25(34-27)15-10-12-19/h3-13,15-16,20-25,27,29-32H,14,17-18H2,1-2H3,(H,28,33)/b5-3+,6-4+,11-8?,13-9-,15-10+,16-7+,19-12?/t20-,21-,22+,23+,24-,25-,27+/m0/s1. The quantitative estimate of drug-likeness (QED) is 0.369. The fraction of sp³-hybridized carbons (Fsp3) is 0.444. The van der Waals surface area contributed by atoms with E-state index in [1.807, 2.05) is 32.1 Å². The number of hydrogen-bond donors (Lipinski definition) is 5. The smallest absolute Gasteiger partial charge is 0.244 e. The molecule has 2 aliphatic rings. The zero-order chi connectivity index (χ0) is 24.9. The van der Waals surface area contributed by atoms with Gasteiger partial charge in [0.25, 0.3) is 0 Å². The molecular formula is C27H37NO6. The number of aliphatic hydroxyl groups is 4. The molecule has 1 fully saturated rings. The third-order valence-corrected chi connectivity index (χ3v) is 5.48. The van der Waals surface area contributed by atoms with Crippen LogP contribution in [-0.4, -0.2) is 69.0 Å². The van der Waals surface area contributed by atoms with E-state index in [4.69, 9.17) is 4.74 Å². The largest absolute Gasteiger partial charge is 0.390 e. The third kappa shape index (κ3) is 10.2. The van der Waals surface area contributed by atoms with Crippen molar-refractivity contribution in [2.24, 2.45) is 0 Å². The summed E-state index contributed by atoms with van der Waals surface area (Å²) in [6.45, 7) is 3.74. The number of nitrogens with one attached hydrogen (secondary N) is 1. The molecular weight excluding hydrogens is 434 g/mol. The summed E-state index contributed by atoms with van der Waals surface area (Å²) in [6.07, 6.45) is 18.2. The number of fused-ring (bicyclic) bond motifs is 2. The maximum absolute atomic E-state index is 12.0. The van der Waals surface area contributed by atoms with Crippen LogP contribution in [0.5, 0.6) is 0 Å². The van der Waals surface area contributed by atoms with Crippen LogP contribution in [0.2, 0.25) is 0 Å². The van der Waals surface area contributed by atoms with Crippen LogP contribution in [0.4, 0.5) is 0 Å². The van der Waals surface area contributed by atoms with Crippen molar-refractivity contribution in [3.8, 4) is 0 Å². The molecule has 0 aromatic rings. The minimum atomic E-state index is -0.969. The Morgan fingerprint density at radius 1 is 0.853 bits per heavy atom. The lowest BCUT2D eigenvalue weighted by molar-refractivity contribution is -0.183. The molecule has 2 rings (SSSR count). The number of aliphatic hydroxyl groups excluding tert-OH is 4. The Labute approximate surface area is 201 Å². The summed E-state index contributed by atoms with van der Waals surface area (Å²) in [5, 5.41) is 44.0. The lowest BCUT2D eigenvalue weighted by Gasteiger charge is -2.38. The van der Waals surface area contributed by atoms with Gasteiger partial charge < -0.3 is 30.5 Å². The van der Waals surface area contributed by atoms with E-state index < -0.39 is 36.6 Å². The number of rotatable bonds is 0. The molecule has 7 atom stereocenters. The molecule has 0 radical (unpaired) electrons. The van der Waals surface area contributed by atoms with Crippen LogP contribution in [0.25, 0.3) is 0 Å². The summed E-state index contributed by atoms with van der Waals surface area (Å²) < 4.78 is 5.80. The lowest BCUT2D eigenvalue weighted by atomic mass is 9.93. The van der Waals surface area contributed by atoms with Crippen molar-refractivity contribution in [1.29, 1.82) is 0 Å². The van der Waals surface area contributed by atoms with Crippen LogP contribution < -0.4 is 5.32 Å². The van der Waals surface area contributed by atoms with E-state index in [0.717, 1.165) is 5.57 Å². The third-order valence-electron chi connectivity index (χ3n) is 5.48. The highest BCUT2D eigenvalue weighted by Crippen LogP contribution is 2.25. The Hall–Kier alpha value is -2.55. The molecule has 2 bridgehead atoms. The zero-order valence-electron chi connectivity index (χ0n) is 19.8. The molecule has 7 heteroatoms. The average Bonchev–Trinajstić information content (AvgIpc) is 2.76. The molecule has 0 aliphatic carbocycles. The van der Waals surface area contributed by atoms with Gasteiger partial charge in [0, 0.05) is 18.5 Å². The highest BCUT2D eigenvalue weighted by atomic mass is 16.5. The monoisotopic (exact) mass is 471 g/mol. The normalized spacial score (nSPS) is 39.1. The Balaban J connectivity index is 2.16. The van der Waals surface area contributed by atoms with Gasteiger partial charge in [-0.15, -0.1) is 0 Å². The second-order valence-electron chi connectivity index (χ2n) is 8.66. The molecule has 2 aliphatic heterocycles. The van der Waals surface area contributed by atoms with Gasteiger partial charge in [-0.3, -0.25) is 4.79 Å². The first kappa shape index (κ1) is 27.7. The van der Waals surface area contributed by atoms with E-state index >= 15 is 0 Å². The fourth-order valence-corrected chi connectivity index (χ4v) is 3.66. The fourth-order valence-electron chi connectivity index (χ4n) is 3.66. The average molecular weight is 472 g/mol. The van der Waals surface area contributed by atoms with Gasteiger partial charge in [0.2, 0.25) is 5.91 Å². The highest BCUT2D eigenvalue weighted by molar-refractivity contribution is 5.87. The van der Waals surface area contributed by atoms with Crippen LogP contribution in [0.3, 0.4) is 0 Å². The highest BCUT2D eigenvalue weighted by Gasteiger charge is 2.38. The molecule has 0 aromatic heterocycles. The Bertz CT molecular complexity index is 853. The molecule has 1 amide bonds. The summed E-state index contributed by atoms with van der Waals surface area (Å²) in [6, 6.07) is -0.198. The number of carbonyl (C=O) groups excluding carboxylic acids is 1. The zero-order valence-corrected chi connectivity index (χ0v) is 19.8. The van der Waals surface area contributed by atoms with Crippen LogP contribution in [0.1, 0.15) is 33.1 Å². The summed E-state index contributed by atoms with van der Waals surface area (Å²) >= 11 is 0. The molecule has 7 nitrogen and oxygen atoms in total. The molecule has 5 N–H and O–H groups in total. The van der Waals surface area contributed by atoms with E-state index in [9.17, 15) is 25.2 Å². The van der Waals surface area contributed by atoms with Crippen LogP contribution >= 0.6 is 0 Å². The Kier molecular flexibility index (Phi) is 11.9. The van der Waals surface area contributed by atoms with Crippen molar-refractivity contribution < 1.29 is 30.0 Å². The molecule has 0 spiro atoms. The first-order valence-electron chi connectivity index (χ1n) is 11.6. The van der Waals surface area contributed by atoms with E-state index in [1.54, 1.807) is 54.7 Å². The van der Waals surface area contributed by atoms with Crippen molar-refractivity contribution in [2.75, 3.05) is 0 Å². The van der Waals surface area contributed by atoms with Gasteiger partial charge in [-0.1, -0.05) is 78.5 Å². The van der Waals surface area contributed by atoms with Crippen molar-refractivity contribution in [2.45, 2.75) is 75.8 Å².